The summed E-state index contributed by atoms with van der Waals surface area (Å²) in [6, 6.07) is 14.7. The van der Waals surface area contributed by atoms with E-state index in [1.54, 1.807) is 60.0 Å². The maximum absolute atomic E-state index is 12.8. The fraction of sp³-hybridized carbons (Fsp3) is 0.231. The Labute approximate surface area is 206 Å². The monoisotopic (exact) mass is 491 g/mol. The Morgan fingerprint density at radius 3 is 2.42 bits per heavy atom. The van der Waals surface area contributed by atoms with Gasteiger partial charge < -0.3 is 29.4 Å². The third kappa shape index (κ3) is 5.07. The van der Waals surface area contributed by atoms with E-state index in [0.29, 0.717) is 22.0 Å². The molecule has 10 heteroatoms. The number of methoxy groups -OCH3 is 1. The van der Waals surface area contributed by atoms with E-state index >= 15 is 0 Å². The Morgan fingerprint density at radius 2 is 1.69 bits per heavy atom. The maximum atomic E-state index is 12.8. The molecule has 2 heterocycles. The van der Waals surface area contributed by atoms with Gasteiger partial charge in [-0.25, -0.2) is 14.4 Å². The van der Waals surface area contributed by atoms with E-state index in [9.17, 15) is 19.2 Å². The van der Waals surface area contributed by atoms with Crippen LogP contribution in [0.2, 0.25) is 0 Å². The molecule has 2 amide bonds. The minimum Gasteiger partial charge on any atom is -0.465 e. The summed E-state index contributed by atoms with van der Waals surface area (Å²) in [6.07, 6.45) is 1.53. The van der Waals surface area contributed by atoms with Crippen molar-refractivity contribution in [1.82, 2.24) is 15.2 Å². The van der Waals surface area contributed by atoms with Crippen molar-refractivity contribution in [1.29, 1.82) is 0 Å². The highest BCUT2D eigenvalue weighted by molar-refractivity contribution is 6.04. The minimum absolute atomic E-state index is 0.131. The second-order valence-corrected chi connectivity index (χ2v) is 7.89. The Kier molecular flexibility index (Phi) is 7.33. The first kappa shape index (κ1) is 24.5. The van der Waals surface area contributed by atoms with Gasteiger partial charge in [-0.2, -0.15) is 0 Å². The van der Waals surface area contributed by atoms with Crippen molar-refractivity contribution in [2.24, 2.45) is 0 Å². The summed E-state index contributed by atoms with van der Waals surface area (Å²) >= 11 is 0. The lowest BCUT2D eigenvalue weighted by Gasteiger charge is -2.29. The minimum atomic E-state index is -0.774. The van der Waals surface area contributed by atoms with Crippen molar-refractivity contribution < 1.29 is 33.4 Å². The molecule has 0 saturated carbocycles. The van der Waals surface area contributed by atoms with Gasteiger partial charge in [-0.15, -0.1) is 0 Å². The summed E-state index contributed by atoms with van der Waals surface area (Å²) in [4.78, 5) is 50.1. The van der Waals surface area contributed by atoms with E-state index in [4.69, 9.17) is 14.2 Å². The molecule has 0 saturated heterocycles. The van der Waals surface area contributed by atoms with Crippen molar-refractivity contribution in [3.05, 3.63) is 83.2 Å². The fourth-order valence-electron chi connectivity index (χ4n) is 4.06. The van der Waals surface area contributed by atoms with Gasteiger partial charge in [-0.1, -0.05) is 48.5 Å². The molecule has 0 bridgehead atoms. The number of benzene rings is 2. The topological polar surface area (TPSA) is 125 Å². The standard InChI is InChI=1S/C26H25N3O7/c1-3-35-25(32)22-19(27-26(33)28-23(22)16-9-5-4-6-10-16)15-36-21(30)14-29-13-18(24(31)34-2)17-11-7-8-12-20(17)29/h4-13,23H,3,14-15H2,1-2H3,(H2,27,28,33). The number of aromatic nitrogens is 1. The van der Waals surface area contributed by atoms with Gasteiger partial charge in [0.15, 0.2) is 0 Å². The van der Waals surface area contributed by atoms with Gasteiger partial charge in [-0.05, 0) is 18.6 Å². The Balaban J connectivity index is 1.58. The number of para-hydroxylation sites is 1. The van der Waals surface area contributed by atoms with Crippen LogP contribution in [0.1, 0.15) is 28.9 Å². The Bertz CT molecular complexity index is 1340. The summed E-state index contributed by atoms with van der Waals surface area (Å²) in [5.74, 6) is -1.79. The van der Waals surface area contributed by atoms with Crippen LogP contribution in [0.5, 0.6) is 0 Å². The summed E-state index contributed by atoms with van der Waals surface area (Å²) < 4.78 is 17.1. The van der Waals surface area contributed by atoms with Gasteiger partial charge >= 0.3 is 23.9 Å². The number of carbonyl (C=O) groups is 4. The normalized spacial score (nSPS) is 15.2. The molecule has 0 spiro atoms. The lowest BCUT2D eigenvalue weighted by molar-refractivity contribution is -0.144. The fourth-order valence-corrected chi connectivity index (χ4v) is 4.06. The van der Waals surface area contributed by atoms with Crippen LogP contribution in [-0.4, -0.2) is 48.8 Å². The van der Waals surface area contributed by atoms with Gasteiger partial charge in [-0.3, -0.25) is 4.79 Å². The molecule has 2 N–H and O–H groups in total. The first-order chi connectivity index (χ1) is 17.4. The molecule has 1 aliphatic rings. The third-order valence-corrected chi connectivity index (χ3v) is 5.65. The quantitative estimate of drug-likeness (QED) is 0.367. The lowest BCUT2D eigenvalue weighted by atomic mass is 9.95. The summed E-state index contributed by atoms with van der Waals surface area (Å²) in [5.41, 5.74) is 1.93. The first-order valence-electron chi connectivity index (χ1n) is 11.3. The molecule has 0 aliphatic carbocycles. The average Bonchev–Trinajstić information content (AvgIpc) is 3.25. The predicted molar refractivity (Wildman–Crippen MR) is 129 cm³/mol. The van der Waals surface area contributed by atoms with Crippen LogP contribution in [0.25, 0.3) is 10.9 Å². The molecule has 0 fully saturated rings. The molecule has 4 rings (SSSR count). The van der Waals surface area contributed by atoms with E-state index in [-0.39, 0.29) is 31.0 Å². The third-order valence-electron chi connectivity index (χ3n) is 5.65. The van der Waals surface area contributed by atoms with Crippen LogP contribution in [0, 0.1) is 0 Å². The number of rotatable bonds is 8. The van der Waals surface area contributed by atoms with Crippen molar-refractivity contribution in [3.63, 3.8) is 0 Å². The van der Waals surface area contributed by atoms with Crippen molar-refractivity contribution in [3.8, 4) is 0 Å². The smallest absolute Gasteiger partial charge is 0.340 e. The predicted octanol–water partition coefficient (Wildman–Crippen LogP) is 2.84. The lowest BCUT2D eigenvalue weighted by Crippen LogP contribution is -2.47. The summed E-state index contributed by atoms with van der Waals surface area (Å²) in [6.45, 7) is 1.25. The molecule has 3 aromatic rings. The molecule has 10 nitrogen and oxygen atoms in total. The van der Waals surface area contributed by atoms with Crippen molar-refractivity contribution in [2.45, 2.75) is 19.5 Å². The number of urea groups is 1. The summed E-state index contributed by atoms with van der Waals surface area (Å²) in [7, 11) is 1.29. The number of esters is 3. The van der Waals surface area contributed by atoms with Gasteiger partial charge in [0.25, 0.3) is 0 Å². The molecule has 0 radical (unpaired) electrons. The second kappa shape index (κ2) is 10.8. The number of hydrogen-bond donors (Lipinski definition) is 2. The van der Waals surface area contributed by atoms with Crippen LogP contribution in [-0.2, 0) is 30.3 Å². The van der Waals surface area contributed by atoms with E-state index in [2.05, 4.69) is 10.6 Å². The zero-order valence-corrected chi connectivity index (χ0v) is 19.8. The van der Waals surface area contributed by atoms with E-state index in [1.165, 1.54) is 13.3 Å². The zero-order valence-electron chi connectivity index (χ0n) is 19.8. The van der Waals surface area contributed by atoms with E-state index in [0.717, 1.165) is 0 Å². The van der Waals surface area contributed by atoms with E-state index < -0.39 is 30.0 Å². The highest BCUT2D eigenvalue weighted by Crippen LogP contribution is 2.28. The molecule has 1 aliphatic heterocycles. The van der Waals surface area contributed by atoms with Crippen LogP contribution < -0.4 is 10.6 Å². The Hall–Kier alpha value is -4.60. The van der Waals surface area contributed by atoms with Crippen LogP contribution in [0.3, 0.4) is 0 Å². The average molecular weight is 492 g/mol. The number of nitrogens with zero attached hydrogens (tertiary/aromatic N) is 1. The van der Waals surface area contributed by atoms with Crippen molar-refractivity contribution >= 4 is 34.8 Å². The number of ether oxygens (including phenoxy) is 3. The van der Waals surface area contributed by atoms with E-state index in [1.807, 2.05) is 6.07 Å². The second-order valence-electron chi connectivity index (χ2n) is 7.89. The van der Waals surface area contributed by atoms with Crippen LogP contribution in [0.15, 0.2) is 72.1 Å². The molecule has 1 atom stereocenters. The highest BCUT2D eigenvalue weighted by atomic mass is 16.5. The van der Waals surface area contributed by atoms with Gasteiger partial charge in [0.05, 0.1) is 36.6 Å². The molecule has 1 unspecified atom stereocenters. The van der Waals surface area contributed by atoms with Crippen molar-refractivity contribution in [2.75, 3.05) is 20.3 Å². The number of amides is 2. The zero-order chi connectivity index (χ0) is 25.7. The summed E-state index contributed by atoms with van der Waals surface area (Å²) in [5, 5.41) is 5.93. The van der Waals surface area contributed by atoms with Gasteiger partial charge in [0, 0.05) is 17.1 Å². The highest BCUT2D eigenvalue weighted by Gasteiger charge is 2.34. The molecule has 1 aromatic heterocycles. The maximum Gasteiger partial charge on any atom is 0.340 e. The Morgan fingerprint density at radius 1 is 0.972 bits per heavy atom. The molecule has 186 valence electrons. The molecular weight excluding hydrogens is 466 g/mol. The number of fused-ring (bicyclic) bond motifs is 1. The number of carbonyl (C=O) groups excluding carboxylic acids is 4. The number of hydrogen-bond acceptors (Lipinski definition) is 7. The molecule has 36 heavy (non-hydrogen) atoms. The van der Waals surface area contributed by atoms with Crippen LogP contribution >= 0.6 is 0 Å². The molecule has 2 aromatic carbocycles. The molecular formula is C26H25N3O7. The van der Waals surface area contributed by atoms with Gasteiger partial charge in [0.2, 0.25) is 0 Å². The SMILES string of the molecule is CCOC(=O)C1=C(COC(=O)Cn2cc(C(=O)OC)c3ccccc32)NC(=O)NC1c1ccccc1. The van der Waals surface area contributed by atoms with Crippen LogP contribution in [0.4, 0.5) is 4.79 Å². The first-order valence-corrected chi connectivity index (χ1v) is 11.3. The number of nitrogens with one attached hydrogen (secondary N) is 2. The van der Waals surface area contributed by atoms with Gasteiger partial charge in [0.1, 0.15) is 13.2 Å². The largest absolute Gasteiger partial charge is 0.465 e.